The van der Waals surface area contributed by atoms with Crippen LogP contribution in [-0.2, 0) is 0 Å². The quantitative estimate of drug-likeness (QED) is 0.536. The van der Waals surface area contributed by atoms with Crippen molar-refractivity contribution in [1.82, 2.24) is 0 Å². The molecule has 0 amide bonds. The zero-order valence-electron chi connectivity index (χ0n) is 8.12. The monoisotopic (exact) mass is 188 g/mol. The van der Waals surface area contributed by atoms with Crippen LogP contribution in [0, 0.1) is 6.92 Å². The Morgan fingerprint density at radius 1 is 1.57 bits per heavy atom. The van der Waals surface area contributed by atoms with E-state index in [2.05, 4.69) is 12.3 Å². The van der Waals surface area contributed by atoms with E-state index in [0.29, 0.717) is 17.9 Å². The van der Waals surface area contributed by atoms with Gasteiger partial charge in [0.05, 0.1) is 5.56 Å². The second-order valence-electron chi connectivity index (χ2n) is 2.83. The van der Waals surface area contributed by atoms with Crippen molar-refractivity contribution in [1.29, 1.82) is 0 Å². The third kappa shape index (κ3) is 2.35. The van der Waals surface area contributed by atoms with Crippen LogP contribution < -0.4 is 4.74 Å². The van der Waals surface area contributed by atoms with E-state index in [9.17, 15) is 4.79 Å². The van der Waals surface area contributed by atoms with E-state index in [1.165, 1.54) is 0 Å². The smallest absolute Gasteiger partial charge is 0.153 e. The highest BCUT2D eigenvalue weighted by Gasteiger charge is 2.04. The van der Waals surface area contributed by atoms with Gasteiger partial charge in [0.25, 0.3) is 0 Å². The third-order valence-corrected chi connectivity index (χ3v) is 1.82. The van der Waals surface area contributed by atoms with E-state index >= 15 is 0 Å². The minimum absolute atomic E-state index is 0.384. The summed E-state index contributed by atoms with van der Waals surface area (Å²) in [6, 6.07) is 5.46. The zero-order valence-corrected chi connectivity index (χ0v) is 8.12. The Morgan fingerprint density at radius 3 is 3.00 bits per heavy atom. The molecule has 2 heteroatoms. The van der Waals surface area contributed by atoms with Crippen LogP contribution in [0.1, 0.15) is 15.9 Å². The Balaban J connectivity index is 2.92. The molecule has 0 fully saturated rings. The van der Waals surface area contributed by atoms with Crippen LogP contribution in [0.3, 0.4) is 0 Å². The Hall–Kier alpha value is -1.79. The summed E-state index contributed by atoms with van der Waals surface area (Å²) in [6.07, 6.45) is 2.46. The zero-order chi connectivity index (χ0) is 10.4. The van der Waals surface area contributed by atoms with E-state index in [4.69, 9.17) is 4.74 Å². The molecule has 1 aromatic carbocycles. The minimum atomic E-state index is 0.384. The minimum Gasteiger partial charge on any atom is -0.488 e. The van der Waals surface area contributed by atoms with Crippen LogP contribution >= 0.6 is 0 Å². The van der Waals surface area contributed by atoms with Crippen molar-refractivity contribution in [2.24, 2.45) is 0 Å². The summed E-state index contributed by atoms with van der Waals surface area (Å²) >= 11 is 0. The van der Waals surface area contributed by atoms with Gasteiger partial charge in [-0.05, 0) is 24.6 Å². The van der Waals surface area contributed by atoms with Crippen molar-refractivity contribution in [3.8, 4) is 5.75 Å². The van der Waals surface area contributed by atoms with Crippen molar-refractivity contribution in [3.05, 3.63) is 47.7 Å². The number of aldehydes is 1. The van der Waals surface area contributed by atoms with Crippen molar-refractivity contribution >= 4 is 6.29 Å². The molecule has 72 valence electrons. The fraction of sp³-hybridized carbons (Fsp3) is 0.167. The molecule has 0 radical (unpaired) electrons. The van der Waals surface area contributed by atoms with Gasteiger partial charge >= 0.3 is 0 Å². The number of ether oxygens (including phenoxy) is 1. The van der Waals surface area contributed by atoms with Gasteiger partial charge < -0.3 is 4.74 Å². The summed E-state index contributed by atoms with van der Waals surface area (Å²) in [5.41, 5.74) is 4.13. The van der Waals surface area contributed by atoms with Gasteiger partial charge in [-0.25, -0.2) is 0 Å². The van der Waals surface area contributed by atoms with E-state index < -0.39 is 0 Å². The molecule has 0 saturated carbocycles. The van der Waals surface area contributed by atoms with E-state index in [0.717, 1.165) is 11.8 Å². The van der Waals surface area contributed by atoms with Crippen LogP contribution in [0.4, 0.5) is 0 Å². The molecule has 0 aliphatic heterocycles. The lowest BCUT2D eigenvalue weighted by atomic mass is 10.1. The molecular formula is C12H12O2. The molecule has 0 bridgehead atoms. The maximum atomic E-state index is 10.7. The van der Waals surface area contributed by atoms with Crippen LogP contribution in [0.5, 0.6) is 5.75 Å². The van der Waals surface area contributed by atoms with E-state index in [1.54, 1.807) is 12.1 Å². The molecule has 0 atom stereocenters. The molecule has 0 N–H and O–H groups in total. The average molecular weight is 188 g/mol. The van der Waals surface area contributed by atoms with Crippen LogP contribution in [0.15, 0.2) is 36.6 Å². The van der Waals surface area contributed by atoms with Gasteiger partial charge in [-0.3, -0.25) is 4.79 Å². The first kappa shape index (κ1) is 10.3. The summed E-state index contributed by atoms with van der Waals surface area (Å²) in [5, 5.41) is 0. The fourth-order valence-corrected chi connectivity index (χ4v) is 1.15. The van der Waals surface area contributed by atoms with Gasteiger partial charge in [-0.1, -0.05) is 18.7 Å². The molecule has 0 aliphatic carbocycles. The van der Waals surface area contributed by atoms with E-state index in [-0.39, 0.29) is 0 Å². The Kier molecular flexibility index (Phi) is 3.71. The molecule has 14 heavy (non-hydrogen) atoms. The van der Waals surface area contributed by atoms with Gasteiger partial charge in [0, 0.05) is 0 Å². The predicted octanol–water partition coefficient (Wildman–Crippen LogP) is 2.53. The van der Waals surface area contributed by atoms with Crippen molar-refractivity contribution < 1.29 is 9.53 Å². The highest BCUT2D eigenvalue weighted by Crippen LogP contribution is 2.21. The largest absolute Gasteiger partial charge is 0.488 e. The van der Waals surface area contributed by atoms with Gasteiger partial charge in [-0.2, -0.15) is 0 Å². The molecule has 0 aromatic heterocycles. The molecule has 0 heterocycles. The highest BCUT2D eigenvalue weighted by atomic mass is 16.5. The van der Waals surface area contributed by atoms with Crippen molar-refractivity contribution in [2.45, 2.75) is 6.92 Å². The number of carbonyl (C=O) groups excluding carboxylic acids is 1. The highest BCUT2D eigenvalue weighted by molar-refractivity contribution is 5.80. The predicted molar refractivity (Wildman–Crippen MR) is 55.8 cm³/mol. The molecule has 0 unspecified atom stereocenters. The van der Waals surface area contributed by atoms with E-state index in [1.807, 2.05) is 19.1 Å². The number of para-hydroxylation sites is 1. The second-order valence-corrected chi connectivity index (χ2v) is 2.83. The average Bonchev–Trinajstić information content (AvgIpc) is 2.20. The summed E-state index contributed by atoms with van der Waals surface area (Å²) < 4.78 is 5.41. The van der Waals surface area contributed by atoms with Gasteiger partial charge in [0.1, 0.15) is 12.4 Å². The number of hydrogen-bond acceptors (Lipinski definition) is 2. The SMILES string of the molecule is C=C=CCOc1c(C)cccc1C=O. The van der Waals surface area contributed by atoms with Crippen LogP contribution in [0.2, 0.25) is 0 Å². The normalized spacial score (nSPS) is 8.93. The lowest BCUT2D eigenvalue weighted by molar-refractivity contribution is 0.112. The second kappa shape index (κ2) is 5.05. The first-order chi connectivity index (χ1) is 6.79. The van der Waals surface area contributed by atoms with Gasteiger partial charge in [0.2, 0.25) is 0 Å². The van der Waals surface area contributed by atoms with Crippen molar-refractivity contribution in [3.63, 3.8) is 0 Å². The van der Waals surface area contributed by atoms with Gasteiger partial charge in [0.15, 0.2) is 6.29 Å². The van der Waals surface area contributed by atoms with Gasteiger partial charge in [-0.15, -0.1) is 5.73 Å². The van der Waals surface area contributed by atoms with Crippen LogP contribution in [0.25, 0.3) is 0 Å². The Morgan fingerprint density at radius 2 is 2.36 bits per heavy atom. The summed E-state index contributed by atoms with van der Waals surface area (Å²) in [7, 11) is 0. The molecule has 1 rings (SSSR count). The lowest BCUT2D eigenvalue weighted by Gasteiger charge is -2.08. The molecule has 0 aliphatic rings. The number of hydrogen-bond donors (Lipinski definition) is 0. The van der Waals surface area contributed by atoms with Crippen molar-refractivity contribution in [2.75, 3.05) is 6.61 Å². The van der Waals surface area contributed by atoms with Crippen LogP contribution in [-0.4, -0.2) is 12.9 Å². The molecule has 2 nitrogen and oxygen atoms in total. The first-order valence-electron chi connectivity index (χ1n) is 4.31. The maximum absolute atomic E-state index is 10.7. The molecule has 0 saturated heterocycles. The summed E-state index contributed by atoms with van der Waals surface area (Å²) in [4.78, 5) is 10.7. The third-order valence-electron chi connectivity index (χ3n) is 1.82. The topological polar surface area (TPSA) is 26.3 Å². The number of benzene rings is 1. The molecular weight excluding hydrogens is 176 g/mol. The Labute approximate surface area is 83.5 Å². The lowest BCUT2D eigenvalue weighted by Crippen LogP contribution is -1.98. The summed E-state index contributed by atoms with van der Waals surface area (Å²) in [5.74, 6) is 0.633. The standard InChI is InChI=1S/C12H12O2/c1-3-4-8-14-12-10(2)6-5-7-11(12)9-13/h4-7,9H,1,8H2,2H3. The molecule has 1 aromatic rings. The first-order valence-corrected chi connectivity index (χ1v) is 4.31. The summed E-state index contributed by atoms with van der Waals surface area (Å²) in [6.45, 7) is 5.71. The Bertz CT molecular complexity index is 374. The molecule has 0 spiro atoms. The maximum Gasteiger partial charge on any atom is 0.153 e. The number of rotatable bonds is 4. The fourth-order valence-electron chi connectivity index (χ4n) is 1.15. The number of carbonyl (C=O) groups is 1. The number of aryl methyl sites for hydroxylation is 1.